The fraction of sp³-hybridized carbons (Fsp3) is 0.227. The Kier molecular flexibility index (Phi) is 6.83. The molecule has 0 N–H and O–H groups in total. The zero-order valence-corrected chi connectivity index (χ0v) is 27.1. The zero-order chi connectivity index (χ0) is 32.2. The lowest BCUT2D eigenvalue weighted by Gasteiger charge is -2.65. The van der Waals surface area contributed by atoms with Gasteiger partial charge in [0, 0.05) is 16.7 Å². The number of aromatic nitrogens is 3. The first-order valence-electron chi connectivity index (χ1n) is 17.2. The Balaban J connectivity index is 1.06. The Morgan fingerprint density at radius 1 is 0.521 bits per heavy atom. The van der Waals surface area contributed by atoms with Crippen molar-refractivity contribution in [3.63, 3.8) is 0 Å². The van der Waals surface area contributed by atoms with E-state index in [1.165, 1.54) is 36.8 Å². The van der Waals surface area contributed by atoms with Crippen LogP contribution >= 0.6 is 0 Å². The standard InChI is InChI=1S/C44H36N4/c1-44(25-37-23-36-24-38(26-44)40(36)37)39-19-17-31(18-20-39)33-10-6-12-35(22-33)43-47-41(46-42(48-43)34-11-5-7-28(21-34)27-45)32-15-13-30(14-16-32)29-8-3-2-4-9-29/h2-22,36-38,40H,23-26H2,1H3/t36-,37+,38-,40?,44?. The van der Waals surface area contributed by atoms with Gasteiger partial charge in [-0.25, -0.2) is 15.0 Å². The molecule has 5 atom stereocenters. The fourth-order valence-electron chi connectivity index (χ4n) is 9.02. The minimum absolute atomic E-state index is 0.289. The van der Waals surface area contributed by atoms with Crippen LogP contribution in [0.2, 0.25) is 0 Å². The molecule has 1 aromatic heterocycles. The number of hydrogen-bond donors (Lipinski definition) is 0. The summed E-state index contributed by atoms with van der Waals surface area (Å²) in [4.78, 5) is 14.9. The van der Waals surface area contributed by atoms with Crippen LogP contribution in [0.5, 0.6) is 0 Å². The summed E-state index contributed by atoms with van der Waals surface area (Å²) in [5.74, 6) is 5.73. The lowest BCUT2D eigenvalue weighted by molar-refractivity contribution is -0.141. The van der Waals surface area contributed by atoms with Crippen molar-refractivity contribution in [3.8, 4) is 62.5 Å². The lowest BCUT2D eigenvalue weighted by Crippen LogP contribution is -2.58. The van der Waals surface area contributed by atoms with Crippen molar-refractivity contribution in [3.05, 3.63) is 139 Å². The molecule has 3 aliphatic carbocycles. The molecule has 2 unspecified atom stereocenters. The predicted molar refractivity (Wildman–Crippen MR) is 192 cm³/mol. The van der Waals surface area contributed by atoms with Gasteiger partial charge in [-0.3, -0.25) is 0 Å². The van der Waals surface area contributed by atoms with Crippen LogP contribution in [-0.2, 0) is 5.41 Å². The lowest BCUT2D eigenvalue weighted by atomic mass is 9.39. The molecule has 3 saturated carbocycles. The molecule has 0 amide bonds. The summed E-state index contributed by atoms with van der Waals surface area (Å²) in [6.45, 7) is 2.50. The highest BCUT2D eigenvalue weighted by Gasteiger charge is 2.59. The maximum absolute atomic E-state index is 9.57. The Hall–Kier alpha value is -5.40. The van der Waals surface area contributed by atoms with Crippen LogP contribution in [0.25, 0.3) is 56.4 Å². The average Bonchev–Trinajstić information content (AvgIpc) is 3.13. The minimum Gasteiger partial charge on any atom is -0.208 e. The summed E-state index contributed by atoms with van der Waals surface area (Å²) in [6.07, 6.45) is 5.61. The fourth-order valence-corrected chi connectivity index (χ4v) is 9.02. The third-order valence-corrected chi connectivity index (χ3v) is 11.4. The highest BCUT2D eigenvalue weighted by atomic mass is 15.0. The van der Waals surface area contributed by atoms with Crippen LogP contribution in [0.15, 0.2) is 127 Å². The van der Waals surface area contributed by atoms with Gasteiger partial charge in [0.05, 0.1) is 11.6 Å². The molecule has 4 nitrogen and oxygen atoms in total. The number of nitrogens with zero attached hydrogens (tertiary/aromatic N) is 4. The molecular formula is C44H36N4. The van der Waals surface area contributed by atoms with Crippen LogP contribution in [0, 0.1) is 35.0 Å². The average molecular weight is 621 g/mol. The Morgan fingerprint density at radius 2 is 1.02 bits per heavy atom. The van der Waals surface area contributed by atoms with E-state index in [1.54, 1.807) is 6.07 Å². The number of rotatable bonds is 6. The van der Waals surface area contributed by atoms with Gasteiger partial charge in [0.15, 0.2) is 17.5 Å². The summed E-state index contributed by atoms with van der Waals surface area (Å²) in [7, 11) is 0. The van der Waals surface area contributed by atoms with Crippen molar-refractivity contribution in [1.29, 1.82) is 5.26 Å². The van der Waals surface area contributed by atoms with E-state index in [-0.39, 0.29) is 5.41 Å². The summed E-state index contributed by atoms with van der Waals surface area (Å²) in [5, 5.41) is 9.57. The molecule has 1 heterocycles. The van der Waals surface area contributed by atoms with E-state index in [9.17, 15) is 5.26 Å². The second kappa shape index (κ2) is 11.4. The third kappa shape index (κ3) is 5.02. The molecule has 9 rings (SSSR count). The highest BCUT2D eigenvalue weighted by molar-refractivity contribution is 5.74. The minimum atomic E-state index is 0.289. The van der Waals surface area contributed by atoms with Crippen molar-refractivity contribution in [2.45, 2.75) is 38.0 Å². The van der Waals surface area contributed by atoms with Crippen LogP contribution < -0.4 is 0 Å². The smallest absolute Gasteiger partial charge is 0.164 e. The molecular weight excluding hydrogens is 585 g/mol. The van der Waals surface area contributed by atoms with E-state index in [0.29, 0.717) is 23.0 Å². The molecule has 48 heavy (non-hydrogen) atoms. The van der Waals surface area contributed by atoms with E-state index in [0.717, 1.165) is 57.1 Å². The van der Waals surface area contributed by atoms with Crippen LogP contribution in [0.1, 0.15) is 43.7 Å². The molecule has 0 saturated heterocycles. The van der Waals surface area contributed by atoms with Gasteiger partial charge in [-0.1, -0.05) is 116 Å². The second-order valence-corrected chi connectivity index (χ2v) is 14.4. The molecule has 3 fully saturated rings. The molecule has 232 valence electrons. The molecule has 0 radical (unpaired) electrons. The van der Waals surface area contributed by atoms with Crippen molar-refractivity contribution in [2.24, 2.45) is 23.7 Å². The van der Waals surface area contributed by atoms with Crippen molar-refractivity contribution >= 4 is 0 Å². The van der Waals surface area contributed by atoms with Gasteiger partial charge in [-0.2, -0.15) is 5.26 Å². The zero-order valence-electron chi connectivity index (χ0n) is 27.1. The van der Waals surface area contributed by atoms with Crippen molar-refractivity contribution in [1.82, 2.24) is 15.0 Å². The predicted octanol–water partition coefficient (Wildman–Crippen LogP) is 10.4. The number of nitriles is 1. The first kappa shape index (κ1) is 28.8. The first-order chi connectivity index (χ1) is 23.5. The summed E-state index contributed by atoms with van der Waals surface area (Å²) in [6, 6.07) is 46.2. The van der Waals surface area contributed by atoms with Gasteiger partial charge >= 0.3 is 0 Å². The SMILES string of the molecule is CC1(c2ccc(-c3cccc(-c4nc(-c5ccc(-c6ccccc6)cc5)nc(-c5cccc(C#N)c5)n4)c3)cc2)C[C@H]2C[C@H]3C[C@@H](C1)C32. The Labute approximate surface area is 282 Å². The molecule has 0 bridgehead atoms. The third-order valence-electron chi connectivity index (χ3n) is 11.4. The maximum Gasteiger partial charge on any atom is 0.164 e. The van der Waals surface area contributed by atoms with E-state index < -0.39 is 0 Å². The van der Waals surface area contributed by atoms with Crippen molar-refractivity contribution < 1.29 is 0 Å². The molecule has 6 aromatic rings. The van der Waals surface area contributed by atoms with Crippen molar-refractivity contribution in [2.75, 3.05) is 0 Å². The largest absolute Gasteiger partial charge is 0.208 e. The highest BCUT2D eigenvalue weighted by Crippen LogP contribution is 2.67. The van der Waals surface area contributed by atoms with Crippen LogP contribution in [0.4, 0.5) is 0 Å². The summed E-state index contributed by atoms with van der Waals surface area (Å²) < 4.78 is 0. The molecule has 0 aliphatic heterocycles. The Bertz CT molecular complexity index is 2160. The first-order valence-corrected chi connectivity index (χ1v) is 17.2. The normalized spacial score (nSPS) is 23.7. The maximum atomic E-state index is 9.57. The second-order valence-electron chi connectivity index (χ2n) is 14.4. The van der Waals surface area contributed by atoms with Gasteiger partial charge in [0.1, 0.15) is 0 Å². The quantitative estimate of drug-likeness (QED) is 0.186. The van der Waals surface area contributed by atoms with E-state index >= 15 is 0 Å². The molecule has 5 aromatic carbocycles. The van der Waals surface area contributed by atoms with E-state index in [4.69, 9.17) is 15.0 Å². The molecule has 3 aliphatic rings. The van der Waals surface area contributed by atoms with Gasteiger partial charge < -0.3 is 0 Å². The summed E-state index contributed by atoms with van der Waals surface area (Å²) in [5.41, 5.74) is 9.59. The Morgan fingerprint density at radius 3 is 1.67 bits per heavy atom. The summed E-state index contributed by atoms with van der Waals surface area (Å²) >= 11 is 0. The molecule has 4 heteroatoms. The number of benzene rings is 5. The van der Waals surface area contributed by atoms with E-state index in [2.05, 4.69) is 97.9 Å². The van der Waals surface area contributed by atoms with E-state index in [1.807, 2.05) is 36.4 Å². The topological polar surface area (TPSA) is 62.5 Å². The monoisotopic (exact) mass is 620 g/mol. The van der Waals surface area contributed by atoms with Gasteiger partial charge in [0.25, 0.3) is 0 Å². The van der Waals surface area contributed by atoms with Crippen LogP contribution in [-0.4, -0.2) is 15.0 Å². The van der Waals surface area contributed by atoms with Gasteiger partial charge in [-0.05, 0) is 101 Å². The molecule has 0 spiro atoms. The van der Waals surface area contributed by atoms with Gasteiger partial charge in [0.2, 0.25) is 0 Å². The number of hydrogen-bond acceptors (Lipinski definition) is 4. The van der Waals surface area contributed by atoms with Crippen LogP contribution in [0.3, 0.4) is 0 Å². The van der Waals surface area contributed by atoms with Gasteiger partial charge in [-0.15, -0.1) is 0 Å².